The lowest BCUT2D eigenvalue weighted by Crippen LogP contribution is -2.51. The Balaban J connectivity index is 1.62. The zero-order valence-corrected chi connectivity index (χ0v) is 18.1. The molecule has 2 atom stereocenters. The lowest BCUT2D eigenvalue weighted by Gasteiger charge is -2.39. The molecule has 2 aromatic rings. The minimum absolute atomic E-state index is 0.0192. The number of rotatable bonds is 5. The van der Waals surface area contributed by atoms with Crippen LogP contribution < -0.4 is 0 Å². The number of carbonyl (C=O) groups excluding carboxylic acids is 1. The highest BCUT2D eigenvalue weighted by molar-refractivity contribution is 7.91. The van der Waals surface area contributed by atoms with Gasteiger partial charge in [0.2, 0.25) is 10.2 Å². The fourth-order valence-corrected chi connectivity index (χ4v) is 6.75. The molecule has 0 spiro atoms. The summed E-state index contributed by atoms with van der Waals surface area (Å²) in [5, 5.41) is 9.28. The quantitative estimate of drug-likeness (QED) is 0.735. The van der Waals surface area contributed by atoms with Crippen molar-refractivity contribution in [3.63, 3.8) is 0 Å². The highest BCUT2D eigenvalue weighted by atomic mass is 32.2. The molecule has 1 unspecified atom stereocenters. The number of aliphatic hydroxyl groups excluding tert-OH is 1. The number of piperidine rings is 1. The van der Waals surface area contributed by atoms with Crippen molar-refractivity contribution in [2.24, 2.45) is 5.92 Å². The maximum Gasteiger partial charge on any atom is 0.270 e. The number of carbonyl (C=O) groups is 1. The van der Waals surface area contributed by atoms with E-state index >= 15 is 0 Å². The van der Waals surface area contributed by atoms with Gasteiger partial charge in [-0.1, -0.05) is 30.3 Å². The molecule has 0 saturated carbocycles. The van der Waals surface area contributed by atoms with E-state index in [-0.39, 0.29) is 29.3 Å². The van der Waals surface area contributed by atoms with Crippen LogP contribution in [0, 0.1) is 5.92 Å². The van der Waals surface area contributed by atoms with E-state index in [0.717, 1.165) is 16.9 Å². The summed E-state index contributed by atoms with van der Waals surface area (Å²) in [6.07, 6.45) is 1.98. The van der Waals surface area contributed by atoms with Crippen LogP contribution in [0.4, 0.5) is 0 Å². The Kier molecular flexibility index (Phi) is 6.49. The molecular formula is C20H25N3O5S2. The van der Waals surface area contributed by atoms with Crippen LogP contribution in [-0.2, 0) is 26.2 Å². The molecule has 0 radical (unpaired) electrons. The van der Waals surface area contributed by atoms with Crippen molar-refractivity contribution in [2.75, 3.05) is 39.4 Å². The number of hydrogen-bond acceptors (Lipinski definition) is 7. The number of nitrogens with zero attached hydrogens (tertiary/aromatic N) is 3. The van der Waals surface area contributed by atoms with Crippen LogP contribution in [0.25, 0.3) is 0 Å². The maximum absolute atomic E-state index is 13.3. The van der Waals surface area contributed by atoms with E-state index in [1.54, 1.807) is 4.90 Å². The van der Waals surface area contributed by atoms with Crippen LogP contribution in [0.15, 0.2) is 40.9 Å². The third kappa shape index (κ3) is 4.42. The summed E-state index contributed by atoms with van der Waals surface area (Å²) in [5.74, 6) is -0.523. The minimum Gasteiger partial charge on any atom is -0.391 e. The molecule has 1 aromatic carbocycles. The van der Waals surface area contributed by atoms with Crippen molar-refractivity contribution in [1.29, 1.82) is 0 Å². The standard InChI is InChI=1S/C20H25N3O5S2/c24-14-18-11-21-20(29-18)30(26,27)23-12-16(15-4-2-1-3-5-15)10-17(13-23)19(25)22-6-8-28-9-7-22/h1-5,11,16-17,24H,6-10,12-14H2/t16?,17-/m0/s1. The zero-order valence-electron chi connectivity index (χ0n) is 16.5. The topological polar surface area (TPSA) is 100 Å². The van der Waals surface area contributed by atoms with E-state index in [1.807, 2.05) is 30.3 Å². The van der Waals surface area contributed by atoms with Gasteiger partial charge in [-0.25, -0.2) is 13.4 Å². The molecule has 0 aliphatic carbocycles. The number of thiazole rings is 1. The van der Waals surface area contributed by atoms with E-state index in [2.05, 4.69) is 4.98 Å². The Bertz CT molecular complexity index is 973. The number of aliphatic hydroxyl groups is 1. The van der Waals surface area contributed by atoms with Crippen molar-refractivity contribution in [3.8, 4) is 0 Å². The predicted octanol–water partition coefficient (Wildman–Crippen LogP) is 1.29. The van der Waals surface area contributed by atoms with Gasteiger partial charge in [0.1, 0.15) is 0 Å². The van der Waals surface area contributed by atoms with Gasteiger partial charge in [-0.15, -0.1) is 11.3 Å². The number of morpholine rings is 1. The van der Waals surface area contributed by atoms with Gasteiger partial charge in [-0.3, -0.25) is 4.79 Å². The molecule has 3 heterocycles. The molecule has 2 aliphatic rings. The number of benzene rings is 1. The summed E-state index contributed by atoms with van der Waals surface area (Å²) >= 11 is 0.966. The van der Waals surface area contributed by atoms with Crippen LogP contribution >= 0.6 is 11.3 Å². The van der Waals surface area contributed by atoms with Crippen molar-refractivity contribution < 1.29 is 23.1 Å². The first kappa shape index (κ1) is 21.4. The number of hydrogen-bond donors (Lipinski definition) is 1. The molecule has 30 heavy (non-hydrogen) atoms. The number of aromatic nitrogens is 1. The number of sulfonamides is 1. The first-order valence-electron chi connectivity index (χ1n) is 9.96. The fraction of sp³-hybridized carbons (Fsp3) is 0.500. The van der Waals surface area contributed by atoms with E-state index in [1.165, 1.54) is 10.5 Å². The first-order chi connectivity index (χ1) is 14.5. The molecule has 2 fully saturated rings. The molecule has 1 amide bonds. The molecule has 1 N–H and O–H groups in total. The summed E-state index contributed by atoms with van der Waals surface area (Å²) < 4.78 is 33.3. The van der Waals surface area contributed by atoms with Crippen molar-refractivity contribution in [3.05, 3.63) is 47.0 Å². The van der Waals surface area contributed by atoms with Crippen molar-refractivity contribution >= 4 is 27.3 Å². The van der Waals surface area contributed by atoms with Crippen LogP contribution in [0.2, 0.25) is 0 Å². The van der Waals surface area contributed by atoms with Gasteiger partial charge in [-0.05, 0) is 17.9 Å². The molecule has 0 bridgehead atoms. The molecule has 162 valence electrons. The largest absolute Gasteiger partial charge is 0.391 e. The first-order valence-corrected chi connectivity index (χ1v) is 12.2. The Labute approximate surface area is 180 Å². The smallest absolute Gasteiger partial charge is 0.270 e. The summed E-state index contributed by atoms with van der Waals surface area (Å²) in [6.45, 7) is 2.26. The van der Waals surface area contributed by atoms with Crippen molar-refractivity contribution in [1.82, 2.24) is 14.2 Å². The molecule has 1 aromatic heterocycles. The summed E-state index contributed by atoms with van der Waals surface area (Å²) in [5.41, 5.74) is 1.02. The number of amides is 1. The predicted molar refractivity (Wildman–Crippen MR) is 111 cm³/mol. The average Bonchev–Trinajstić information content (AvgIpc) is 3.30. The average molecular weight is 452 g/mol. The Morgan fingerprint density at radius 1 is 1.20 bits per heavy atom. The van der Waals surface area contributed by atoms with E-state index < -0.39 is 15.9 Å². The second-order valence-corrected chi connectivity index (χ2v) is 10.8. The van der Waals surface area contributed by atoms with Crippen LogP contribution in [0.5, 0.6) is 0 Å². The van der Waals surface area contributed by atoms with Crippen LogP contribution in [-0.4, -0.2) is 73.0 Å². The monoisotopic (exact) mass is 451 g/mol. The zero-order chi connectivity index (χ0) is 21.1. The SMILES string of the molecule is O=C([C@H]1CC(c2ccccc2)CN(S(=O)(=O)c2ncc(CO)s2)C1)N1CCOCC1. The molecule has 2 aliphatic heterocycles. The van der Waals surface area contributed by atoms with Gasteiger partial charge in [-0.2, -0.15) is 4.31 Å². The van der Waals surface area contributed by atoms with E-state index in [9.17, 15) is 18.3 Å². The van der Waals surface area contributed by atoms with Crippen molar-refractivity contribution in [2.45, 2.75) is 23.3 Å². The minimum atomic E-state index is -3.86. The summed E-state index contributed by atoms with van der Waals surface area (Å²) in [6, 6.07) is 9.73. The lowest BCUT2D eigenvalue weighted by molar-refractivity contribution is -0.141. The second-order valence-electron chi connectivity index (χ2n) is 7.55. The van der Waals surface area contributed by atoms with Gasteiger partial charge < -0.3 is 14.7 Å². The molecular weight excluding hydrogens is 426 g/mol. The van der Waals surface area contributed by atoms with Gasteiger partial charge in [0.05, 0.1) is 30.6 Å². The Morgan fingerprint density at radius 3 is 2.60 bits per heavy atom. The van der Waals surface area contributed by atoms with Gasteiger partial charge in [0.25, 0.3) is 10.0 Å². The summed E-state index contributed by atoms with van der Waals surface area (Å²) in [7, 11) is -3.86. The fourth-order valence-electron chi connectivity index (χ4n) is 4.03. The third-order valence-electron chi connectivity index (χ3n) is 5.61. The highest BCUT2D eigenvalue weighted by Crippen LogP contribution is 2.35. The number of ether oxygens (including phenoxy) is 1. The summed E-state index contributed by atoms with van der Waals surface area (Å²) in [4.78, 5) is 19.5. The normalized spacial score (nSPS) is 23.4. The molecule has 8 nitrogen and oxygen atoms in total. The van der Waals surface area contributed by atoms with Crippen LogP contribution in [0.3, 0.4) is 0 Å². The molecule has 2 saturated heterocycles. The van der Waals surface area contributed by atoms with Gasteiger partial charge >= 0.3 is 0 Å². The second kappa shape index (κ2) is 9.11. The lowest BCUT2D eigenvalue weighted by atomic mass is 9.85. The molecule has 4 rings (SSSR count). The Hall–Kier alpha value is -1.85. The third-order valence-corrected chi connectivity index (χ3v) is 8.79. The van der Waals surface area contributed by atoms with E-state index in [4.69, 9.17) is 4.74 Å². The maximum atomic E-state index is 13.3. The van der Waals surface area contributed by atoms with E-state index in [0.29, 0.717) is 44.1 Å². The van der Waals surface area contributed by atoms with Crippen LogP contribution in [0.1, 0.15) is 22.8 Å². The molecule has 10 heteroatoms. The Morgan fingerprint density at radius 2 is 1.93 bits per heavy atom. The van der Waals surface area contributed by atoms with Gasteiger partial charge in [0.15, 0.2) is 0 Å². The van der Waals surface area contributed by atoms with Gasteiger partial charge in [0, 0.05) is 32.4 Å². The highest BCUT2D eigenvalue weighted by Gasteiger charge is 2.40.